The molecule has 0 spiro atoms. The van der Waals surface area contributed by atoms with Gasteiger partial charge >= 0.3 is 17.8 Å². The van der Waals surface area contributed by atoms with Crippen molar-refractivity contribution in [2.75, 3.05) is 0 Å². The molecule has 1 aliphatic rings. The SMILES string of the molecule is Cc1sc(-c2ccc(C#N)cc2)cc1C1=C(F)C(F)(F)C(F)(F)C1(F)F. The van der Waals surface area contributed by atoms with Crippen LogP contribution in [0.1, 0.15) is 16.0 Å². The van der Waals surface area contributed by atoms with Gasteiger partial charge in [-0.05, 0) is 30.7 Å². The highest BCUT2D eigenvalue weighted by Crippen LogP contribution is 2.63. The van der Waals surface area contributed by atoms with Crippen molar-refractivity contribution < 1.29 is 30.7 Å². The molecule has 0 saturated heterocycles. The van der Waals surface area contributed by atoms with Crippen LogP contribution in [-0.4, -0.2) is 17.8 Å². The van der Waals surface area contributed by atoms with Gasteiger partial charge in [0.05, 0.1) is 17.2 Å². The average molecular weight is 391 g/mol. The van der Waals surface area contributed by atoms with E-state index in [1.807, 2.05) is 6.07 Å². The van der Waals surface area contributed by atoms with Crippen molar-refractivity contribution in [2.24, 2.45) is 0 Å². The largest absolute Gasteiger partial charge is 0.383 e. The van der Waals surface area contributed by atoms with E-state index in [9.17, 15) is 30.7 Å². The monoisotopic (exact) mass is 391 g/mol. The lowest BCUT2D eigenvalue weighted by Gasteiger charge is -2.24. The van der Waals surface area contributed by atoms with Crippen molar-refractivity contribution >= 4 is 16.9 Å². The van der Waals surface area contributed by atoms with Crippen molar-refractivity contribution in [2.45, 2.75) is 24.7 Å². The van der Waals surface area contributed by atoms with E-state index in [0.29, 0.717) is 11.1 Å². The normalized spacial score (nSPS) is 20.3. The molecule has 1 aromatic heterocycles. The molecule has 2 aromatic rings. The number of benzene rings is 1. The van der Waals surface area contributed by atoms with Gasteiger partial charge in [-0.15, -0.1) is 11.3 Å². The third kappa shape index (κ3) is 2.28. The number of rotatable bonds is 2. The van der Waals surface area contributed by atoms with Crippen LogP contribution in [-0.2, 0) is 0 Å². The Labute approximate surface area is 147 Å². The van der Waals surface area contributed by atoms with E-state index < -0.39 is 34.7 Å². The first-order chi connectivity index (χ1) is 11.9. The first kappa shape index (κ1) is 18.5. The molecule has 136 valence electrons. The van der Waals surface area contributed by atoms with Crippen molar-refractivity contribution in [3.63, 3.8) is 0 Å². The summed E-state index contributed by atoms with van der Waals surface area (Å²) in [5.74, 6) is -19.6. The first-order valence-electron chi connectivity index (χ1n) is 7.10. The highest BCUT2D eigenvalue weighted by molar-refractivity contribution is 7.15. The van der Waals surface area contributed by atoms with E-state index >= 15 is 0 Å². The second-order valence-corrected chi connectivity index (χ2v) is 6.94. The number of aryl methyl sites for hydroxylation is 1. The summed E-state index contributed by atoms with van der Waals surface area (Å²) in [5, 5.41) is 8.76. The number of hydrogen-bond acceptors (Lipinski definition) is 2. The Morgan fingerprint density at radius 2 is 1.54 bits per heavy atom. The summed E-state index contributed by atoms with van der Waals surface area (Å²) in [5.41, 5.74) is -1.89. The fourth-order valence-corrected chi connectivity index (χ4v) is 3.69. The predicted octanol–water partition coefficient (Wildman–Crippen LogP) is 6.20. The molecule has 3 rings (SSSR count). The zero-order valence-corrected chi connectivity index (χ0v) is 13.7. The Balaban J connectivity index is 2.15. The Bertz CT molecular complexity index is 948. The number of thiophene rings is 1. The Hall–Kier alpha value is -2.34. The molecule has 0 saturated carbocycles. The van der Waals surface area contributed by atoms with Crippen LogP contribution < -0.4 is 0 Å². The number of nitriles is 1. The van der Waals surface area contributed by atoms with Crippen LogP contribution in [0.4, 0.5) is 30.7 Å². The lowest BCUT2D eigenvalue weighted by molar-refractivity contribution is -0.263. The van der Waals surface area contributed by atoms with Crippen LogP contribution in [0.5, 0.6) is 0 Å². The lowest BCUT2D eigenvalue weighted by Crippen LogP contribution is -2.48. The van der Waals surface area contributed by atoms with Gasteiger partial charge in [0.25, 0.3) is 0 Å². The molecule has 0 bridgehead atoms. The maximum absolute atomic E-state index is 13.9. The number of hydrogen-bond donors (Lipinski definition) is 0. The topological polar surface area (TPSA) is 23.8 Å². The zero-order valence-electron chi connectivity index (χ0n) is 12.9. The molecule has 0 amide bonds. The van der Waals surface area contributed by atoms with Crippen LogP contribution in [0.15, 0.2) is 36.2 Å². The minimum atomic E-state index is -5.86. The molecule has 0 fully saturated rings. The first-order valence-corrected chi connectivity index (χ1v) is 7.92. The van der Waals surface area contributed by atoms with Crippen LogP contribution in [0.2, 0.25) is 0 Å². The summed E-state index contributed by atoms with van der Waals surface area (Å²) >= 11 is 0.864. The van der Waals surface area contributed by atoms with E-state index in [1.54, 1.807) is 0 Å². The average Bonchev–Trinajstić information content (AvgIpc) is 2.99. The number of allylic oxidation sites excluding steroid dienone is 2. The molecule has 1 heterocycles. The van der Waals surface area contributed by atoms with E-state index in [4.69, 9.17) is 5.26 Å². The highest BCUT2D eigenvalue weighted by atomic mass is 32.1. The summed E-state index contributed by atoms with van der Waals surface area (Å²) in [6, 6.07) is 8.70. The van der Waals surface area contributed by atoms with Gasteiger partial charge in [-0.3, -0.25) is 0 Å². The third-order valence-corrected chi connectivity index (χ3v) is 5.18. The van der Waals surface area contributed by atoms with E-state index in [1.165, 1.54) is 31.2 Å². The minimum absolute atomic E-state index is 0.0114. The molecule has 0 N–H and O–H groups in total. The number of alkyl halides is 6. The van der Waals surface area contributed by atoms with Gasteiger partial charge in [-0.1, -0.05) is 12.1 Å². The second kappa shape index (κ2) is 5.58. The molecular formula is C17H8F7NS. The van der Waals surface area contributed by atoms with Crippen LogP contribution in [0.25, 0.3) is 16.0 Å². The molecule has 0 aliphatic heterocycles. The van der Waals surface area contributed by atoms with Crippen molar-refractivity contribution in [3.8, 4) is 16.5 Å². The summed E-state index contributed by atoms with van der Waals surface area (Å²) in [6.07, 6.45) is 0. The Morgan fingerprint density at radius 3 is 2.00 bits per heavy atom. The molecule has 1 aliphatic carbocycles. The summed E-state index contributed by atoms with van der Waals surface area (Å²) in [6.45, 7) is 1.25. The maximum atomic E-state index is 13.9. The fourth-order valence-electron chi connectivity index (χ4n) is 2.66. The van der Waals surface area contributed by atoms with E-state index in [-0.39, 0.29) is 9.75 Å². The van der Waals surface area contributed by atoms with Crippen LogP contribution >= 0.6 is 11.3 Å². The van der Waals surface area contributed by atoms with Crippen LogP contribution in [0.3, 0.4) is 0 Å². The van der Waals surface area contributed by atoms with Crippen LogP contribution in [0, 0.1) is 18.3 Å². The van der Waals surface area contributed by atoms with Gasteiger partial charge in [0.15, 0.2) is 5.83 Å². The molecule has 26 heavy (non-hydrogen) atoms. The Kier molecular flexibility index (Phi) is 3.96. The smallest absolute Gasteiger partial charge is 0.204 e. The summed E-state index contributed by atoms with van der Waals surface area (Å²) < 4.78 is 95.4. The second-order valence-electron chi connectivity index (χ2n) is 5.68. The number of halogens is 7. The van der Waals surface area contributed by atoms with Gasteiger partial charge in [-0.2, -0.15) is 31.6 Å². The minimum Gasteiger partial charge on any atom is -0.204 e. The quantitative estimate of drug-likeness (QED) is 0.560. The maximum Gasteiger partial charge on any atom is 0.383 e. The fraction of sp³-hybridized carbons (Fsp3) is 0.235. The molecule has 0 atom stereocenters. The van der Waals surface area contributed by atoms with Crippen molar-refractivity contribution in [3.05, 3.63) is 52.2 Å². The van der Waals surface area contributed by atoms with Gasteiger partial charge in [0, 0.05) is 15.3 Å². The molecule has 9 heteroatoms. The van der Waals surface area contributed by atoms with Gasteiger partial charge < -0.3 is 0 Å². The molecule has 1 nitrogen and oxygen atoms in total. The van der Waals surface area contributed by atoms with E-state index in [0.717, 1.165) is 17.4 Å². The third-order valence-electron chi connectivity index (χ3n) is 4.08. The standard InChI is InChI=1S/C17H8F7NS/c1-8-11(6-12(26-8)10-4-2-9(7-25)3-5-10)13-14(18)16(21,22)17(23,24)15(13,19)20/h2-6H,1H3. The van der Waals surface area contributed by atoms with Gasteiger partial charge in [0.2, 0.25) is 0 Å². The molecular weight excluding hydrogens is 383 g/mol. The van der Waals surface area contributed by atoms with Gasteiger partial charge in [-0.25, -0.2) is 4.39 Å². The molecule has 1 aromatic carbocycles. The highest BCUT2D eigenvalue weighted by Gasteiger charge is 2.81. The number of nitrogens with zero attached hydrogens (tertiary/aromatic N) is 1. The zero-order chi connectivity index (χ0) is 19.5. The molecule has 0 radical (unpaired) electrons. The Morgan fingerprint density at radius 1 is 0.962 bits per heavy atom. The van der Waals surface area contributed by atoms with Gasteiger partial charge in [0.1, 0.15) is 0 Å². The predicted molar refractivity (Wildman–Crippen MR) is 82.1 cm³/mol. The van der Waals surface area contributed by atoms with Crippen molar-refractivity contribution in [1.29, 1.82) is 5.26 Å². The summed E-state index contributed by atoms with van der Waals surface area (Å²) in [7, 11) is 0. The lowest BCUT2D eigenvalue weighted by atomic mass is 10.0. The molecule has 0 unspecified atom stereocenters. The summed E-state index contributed by atoms with van der Waals surface area (Å²) in [4.78, 5) is 0.277. The van der Waals surface area contributed by atoms with Crippen molar-refractivity contribution in [1.82, 2.24) is 0 Å². The van der Waals surface area contributed by atoms with E-state index in [2.05, 4.69) is 0 Å².